The van der Waals surface area contributed by atoms with Gasteiger partial charge in [-0.25, -0.2) is 0 Å². The van der Waals surface area contributed by atoms with Gasteiger partial charge in [0.1, 0.15) is 0 Å². The third-order valence-electron chi connectivity index (χ3n) is 2.43. The second-order valence-electron chi connectivity index (χ2n) is 3.34. The van der Waals surface area contributed by atoms with Crippen LogP contribution in [0.4, 0.5) is 0 Å². The molecule has 0 aliphatic carbocycles. The van der Waals surface area contributed by atoms with Crippen molar-refractivity contribution in [2.45, 2.75) is 12.6 Å². The molecule has 3 N–H and O–H groups in total. The topological polar surface area (TPSA) is 39.3 Å². The van der Waals surface area contributed by atoms with Crippen molar-refractivity contribution < 1.29 is 0 Å². The summed E-state index contributed by atoms with van der Waals surface area (Å²) >= 11 is 0. The molecule has 0 saturated carbocycles. The van der Waals surface area contributed by atoms with Crippen LogP contribution in [0.15, 0.2) is 0 Å². The second kappa shape index (κ2) is 4.18. The van der Waals surface area contributed by atoms with Crippen LogP contribution in [0.2, 0.25) is 0 Å². The van der Waals surface area contributed by atoms with Crippen LogP contribution in [-0.2, 0) is 0 Å². The van der Waals surface area contributed by atoms with E-state index < -0.39 is 0 Å². The second-order valence-corrected chi connectivity index (χ2v) is 3.34. The van der Waals surface area contributed by atoms with E-state index in [2.05, 4.69) is 27.3 Å². The van der Waals surface area contributed by atoms with E-state index in [1.54, 1.807) is 0 Å². The van der Waals surface area contributed by atoms with E-state index in [1.165, 1.54) is 19.5 Å². The van der Waals surface area contributed by atoms with Crippen molar-refractivity contribution in [3.05, 3.63) is 6.42 Å². The zero-order valence-electron chi connectivity index (χ0n) is 7.34. The van der Waals surface area contributed by atoms with Gasteiger partial charge in [0.05, 0.1) is 6.17 Å². The van der Waals surface area contributed by atoms with Crippen LogP contribution >= 0.6 is 0 Å². The zero-order valence-corrected chi connectivity index (χ0v) is 7.34. The first-order valence-corrected chi connectivity index (χ1v) is 4.69. The van der Waals surface area contributed by atoms with Gasteiger partial charge < -0.3 is 10.6 Å². The summed E-state index contributed by atoms with van der Waals surface area (Å²) in [6.45, 7) is 5.35. The monoisotopic (exact) mass is 169 g/mol. The van der Waals surface area contributed by atoms with Crippen molar-refractivity contribution in [2.75, 3.05) is 33.0 Å². The maximum absolute atomic E-state index is 3.41. The molecule has 0 aromatic heterocycles. The van der Waals surface area contributed by atoms with Gasteiger partial charge in [-0.3, -0.25) is 10.2 Å². The third kappa shape index (κ3) is 1.95. The number of hydrogen-bond donors (Lipinski definition) is 3. The molecule has 2 rings (SSSR count). The summed E-state index contributed by atoms with van der Waals surface area (Å²) in [5.41, 5.74) is 0. The minimum atomic E-state index is 0.471. The van der Waals surface area contributed by atoms with Crippen LogP contribution in [0.5, 0.6) is 0 Å². The molecule has 2 aliphatic rings. The fraction of sp³-hybridized carbons (Fsp3) is 0.875. The normalized spacial score (nSPS) is 33.5. The standard InChI is InChI=1S/C8H17N4/c1-3-10-7-12(5-1)8-2-4-9-6-11-8/h2,8-11H,1,3-7H2. The molecule has 0 spiro atoms. The summed E-state index contributed by atoms with van der Waals surface area (Å²) in [5.74, 6) is 0. The van der Waals surface area contributed by atoms with E-state index >= 15 is 0 Å². The Morgan fingerprint density at radius 1 is 1.33 bits per heavy atom. The van der Waals surface area contributed by atoms with E-state index in [-0.39, 0.29) is 0 Å². The molecule has 4 heteroatoms. The van der Waals surface area contributed by atoms with Crippen LogP contribution in [0, 0.1) is 6.42 Å². The molecule has 1 atom stereocenters. The Labute approximate surface area is 73.7 Å². The number of hydrogen-bond acceptors (Lipinski definition) is 4. The van der Waals surface area contributed by atoms with E-state index in [4.69, 9.17) is 0 Å². The molecule has 2 fully saturated rings. The molecule has 1 radical (unpaired) electrons. The van der Waals surface area contributed by atoms with Crippen molar-refractivity contribution in [2.24, 2.45) is 0 Å². The molecular formula is C8H17N4. The van der Waals surface area contributed by atoms with Gasteiger partial charge in [-0.15, -0.1) is 0 Å². The Kier molecular flexibility index (Phi) is 2.94. The van der Waals surface area contributed by atoms with Gasteiger partial charge in [0.2, 0.25) is 0 Å². The Balaban J connectivity index is 1.80. The summed E-state index contributed by atoms with van der Waals surface area (Å²) in [5, 5.41) is 10.0. The molecule has 2 saturated heterocycles. The molecule has 1 unspecified atom stereocenters. The Morgan fingerprint density at radius 3 is 3.00 bits per heavy atom. The highest BCUT2D eigenvalue weighted by atomic mass is 15.4. The summed E-state index contributed by atoms with van der Waals surface area (Å²) in [4.78, 5) is 2.43. The van der Waals surface area contributed by atoms with Gasteiger partial charge in [-0.2, -0.15) is 0 Å². The highest BCUT2D eigenvalue weighted by molar-refractivity contribution is 4.89. The van der Waals surface area contributed by atoms with Crippen molar-refractivity contribution in [3.63, 3.8) is 0 Å². The first kappa shape index (κ1) is 8.44. The Morgan fingerprint density at radius 2 is 2.33 bits per heavy atom. The van der Waals surface area contributed by atoms with E-state index in [1.807, 2.05) is 0 Å². The van der Waals surface area contributed by atoms with Crippen LogP contribution in [-0.4, -0.2) is 44.0 Å². The predicted octanol–water partition coefficient (Wildman–Crippen LogP) is -1.08. The molecule has 0 amide bonds. The lowest BCUT2D eigenvalue weighted by Gasteiger charge is -2.37. The Bertz CT molecular complexity index is 111. The van der Waals surface area contributed by atoms with E-state index in [9.17, 15) is 0 Å². The first-order chi connectivity index (χ1) is 5.97. The molecule has 2 aliphatic heterocycles. The number of nitrogens with one attached hydrogen (secondary N) is 3. The maximum Gasteiger partial charge on any atom is 0.0663 e. The number of rotatable bonds is 1. The smallest absolute Gasteiger partial charge is 0.0663 e. The van der Waals surface area contributed by atoms with Gasteiger partial charge in [0.15, 0.2) is 0 Å². The molecular weight excluding hydrogens is 152 g/mol. The van der Waals surface area contributed by atoms with Gasteiger partial charge >= 0.3 is 0 Å². The van der Waals surface area contributed by atoms with Gasteiger partial charge in [0, 0.05) is 32.8 Å². The predicted molar refractivity (Wildman–Crippen MR) is 48.3 cm³/mol. The lowest BCUT2D eigenvalue weighted by Crippen LogP contribution is -2.58. The SMILES string of the molecule is [CH]1CNCNC1N1CCCNC1. The van der Waals surface area contributed by atoms with Crippen molar-refractivity contribution >= 4 is 0 Å². The minimum Gasteiger partial charge on any atom is -0.304 e. The van der Waals surface area contributed by atoms with Crippen LogP contribution in [0.3, 0.4) is 0 Å². The minimum absolute atomic E-state index is 0.471. The average Bonchev–Trinajstić information content (AvgIpc) is 2.21. The van der Waals surface area contributed by atoms with Crippen LogP contribution < -0.4 is 16.0 Å². The summed E-state index contributed by atoms with van der Waals surface area (Å²) < 4.78 is 0. The van der Waals surface area contributed by atoms with Crippen molar-refractivity contribution in [1.82, 2.24) is 20.9 Å². The van der Waals surface area contributed by atoms with Gasteiger partial charge in [-0.05, 0) is 13.0 Å². The summed E-state index contributed by atoms with van der Waals surface area (Å²) in [6.07, 6.45) is 4.02. The van der Waals surface area contributed by atoms with Crippen LogP contribution in [0.1, 0.15) is 6.42 Å². The van der Waals surface area contributed by atoms with Crippen molar-refractivity contribution in [1.29, 1.82) is 0 Å². The van der Waals surface area contributed by atoms with Gasteiger partial charge in [0.25, 0.3) is 0 Å². The highest BCUT2D eigenvalue weighted by Crippen LogP contribution is 2.04. The quantitative estimate of drug-likeness (QED) is 0.467. The third-order valence-corrected chi connectivity index (χ3v) is 2.43. The van der Waals surface area contributed by atoms with E-state index in [0.717, 1.165) is 19.9 Å². The molecule has 12 heavy (non-hydrogen) atoms. The summed E-state index contributed by atoms with van der Waals surface area (Å²) in [6, 6.07) is 0. The van der Waals surface area contributed by atoms with Gasteiger partial charge in [-0.1, -0.05) is 0 Å². The molecule has 2 heterocycles. The molecule has 69 valence electrons. The van der Waals surface area contributed by atoms with Crippen LogP contribution in [0.25, 0.3) is 0 Å². The molecule has 0 aromatic rings. The molecule has 0 bridgehead atoms. The highest BCUT2D eigenvalue weighted by Gasteiger charge is 2.21. The summed E-state index contributed by atoms with van der Waals surface area (Å²) in [7, 11) is 0. The first-order valence-electron chi connectivity index (χ1n) is 4.69. The molecule has 0 aromatic carbocycles. The lowest BCUT2D eigenvalue weighted by atomic mass is 10.2. The largest absolute Gasteiger partial charge is 0.304 e. The molecule has 4 nitrogen and oxygen atoms in total. The maximum atomic E-state index is 3.41. The average molecular weight is 169 g/mol. The lowest BCUT2D eigenvalue weighted by molar-refractivity contribution is 0.134. The fourth-order valence-electron chi connectivity index (χ4n) is 1.75. The fourth-order valence-corrected chi connectivity index (χ4v) is 1.75. The van der Waals surface area contributed by atoms with E-state index in [0.29, 0.717) is 6.17 Å². The zero-order chi connectivity index (χ0) is 8.23. The Hall–Kier alpha value is -0.160. The number of nitrogens with zero attached hydrogens (tertiary/aromatic N) is 1. The van der Waals surface area contributed by atoms with Crippen molar-refractivity contribution in [3.8, 4) is 0 Å².